The number of hydrogen-bond acceptors (Lipinski definition) is 6. The van der Waals surface area contributed by atoms with E-state index in [1.807, 2.05) is 72.8 Å². The number of benzene rings is 3. The Bertz CT molecular complexity index is 1270. The van der Waals surface area contributed by atoms with Gasteiger partial charge in [0, 0.05) is 25.6 Å². The normalized spacial score (nSPS) is 14.4. The summed E-state index contributed by atoms with van der Waals surface area (Å²) in [4.78, 5) is 26.3. The van der Waals surface area contributed by atoms with E-state index in [2.05, 4.69) is 12.2 Å². The molecule has 3 aromatic carbocycles. The van der Waals surface area contributed by atoms with Gasteiger partial charge in [0.15, 0.2) is 11.5 Å². The lowest BCUT2D eigenvalue weighted by Crippen LogP contribution is -2.38. The fourth-order valence-corrected chi connectivity index (χ4v) is 4.87. The third kappa shape index (κ3) is 9.24. The first-order chi connectivity index (χ1) is 20.5. The molecule has 8 nitrogen and oxygen atoms in total. The van der Waals surface area contributed by atoms with Crippen LogP contribution >= 0.6 is 0 Å². The first-order valence-corrected chi connectivity index (χ1v) is 14.8. The average molecular weight is 575 g/mol. The van der Waals surface area contributed by atoms with E-state index in [-0.39, 0.29) is 24.6 Å². The lowest BCUT2D eigenvalue weighted by Gasteiger charge is -2.24. The van der Waals surface area contributed by atoms with Crippen molar-refractivity contribution in [1.82, 2.24) is 10.2 Å². The minimum absolute atomic E-state index is 0.0276. The zero-order valence-corrected chi connectivity index (χ0v) is 24.7. The molecule has 0 unspecified atom stereocenters. The summed E-state index contributed by atoms with van der Waals surface area (Å²) in [5, 5.41) is 2.92. The molecule has 1 N–H and O–H groups in total. The van der Waals surface area contributed by atoms with Gasteiger partial charge in [0.2, 0.25) is 5.91 Å². The fraction of sp³-hybridized carbons (Fsp3) is 0.412. The van der Waals surface area contributed by atoms with Crippen molar-refractivity contribution in [3.05, 3.63) is 95.1 Å². The zero-order valence-electron chi connectivity index (χ0n) is 24.7. The maximum atomic E-state index is 12.6. The molecule has 1 heterocycles. The summed E-state index contributed by atoms with van der Waals surface area (Å²) in [6.07, 6.45) is 3.37. The fourth-order valence-electron chi connectivity index (χ4n) is 4.87. The minimum atomic E-state index is -0.266. The first-order valence-electron chi connectivity index (χ1n) is 14.8. The molecule has 1 aliphatic rings. The van der Waals surface area contributed by atoms with Crippen LogP contribution < -0.4 is 14.8 Å². The summed E-state index contributed by atoms with van der Waals surface area (Å²) in [5.41, 5.74) is 3.74. The van der Waals surface area contributed by atoms with E-state index in [1.54, 1.807) is 4.90 Å². The van der Waals surface area contributed by atoms with Gasteiger partial charge < -0.3 is 29.2 Å². The molecule has 1 fully saturated rings. The Morgan fingerprint density at radius 1 is 0.905 bits per heavy atom. The van der Waals surface area contributed by atoms with Gasteiger partial charge in [0.05, 0.1) is 25.9 Å². The molecule has 0 radical (unpaired) electrons. The highest BCUT2D eigenvalue weighted by atomic mass is 16.6. The number of ether oxygens (including phenoxy) is 4. The largest absolute Gasteiger partial charge is 0.485 e. The number of unbranched alkanes of at least 4 members (excludes halogenated alkanes) is 1. The monoisotopic (exact) mass is 574 g/mol. The Morgan fingerprint density at radius 2 is 1.60 bits per heavy atom. The number of rotatable bonds is 15. The number of carbonyl (C=O) groups is 2. The van der Waals surface area contributed by atoms with Gasteiger partial charge in [-0.1, -0.05) is 80.1 Å². The van der Waals surface area contributed by atoms with Crippen molar-refractivity contribution in [3.8, 4) is 11.5 Å². The van der Waals surface area contributed by atoms with Crippen molar-refractivity contribution < 1.29 is 28.5 Å². The topological polar surface area (TPSA) is 86.3 Å². The van der Waals surface area contributed by atoms with Crippen molar-refractivity contribution >= 4 is 12.0 Å². The van der Waals surface area contributed by atoms with Crippen molar-refractivity contribution in [2.45, 2.75) is 71.9 Å². The molecule has 0 aliphatic carbocycles. The Morgan fingerprint density at radius 3 is 2.26 bits per heavy atom. The second-order valence-electron chi connectivity index (χ2n) is 10.5. The number of carbonyl (C=O) groups excluding carboxylic acids is 2. The Kier molecular flexibility index (Phi) is 12.1. The van der Waals surface area contributed by atoms with E-state index in [1.165, 1.54) is 6.92 Å². The second-order valence-corrected chi connectivity index (χ2v) is 10.5. The number of nitrogens with zero attached hydrogens (tertiary/aromatic N) is 1. The number of hydrogen-bond donors (Lipinski definition) is 1. The summed E-state index contributed by atoms with van der Waals surface area (Å²) in [6.45, 7) is 6.36. The van der Waals surface area contributed by atoms with E-state index < -0.39 is 0 Å². The predicted octanol–water partition coefficient (Wildman–Crippen LogP) is 6.40. The molecule has 224 valence electrons. The van der Waals surface area contributed by atoms with Crippen LogP contribution in [-0.2, 0) is 40.6 Å². The molecule has 0 bridgehead atoms. The molecule has 0 saturated carbocycles. The highest BCUT2D eigenvalue weighted by Gasteiger charge is 2.30. The molecule has 2 amide bonds. The Labute approximate surface area is 248 Å². The van der Waals surface area contributed by atoms with Crippen LogP contribution in [-0.4, -0.2) is 42.7 Å². The molecule has 8 heteroatoms. The SMILES string of the molecule is CCCCOC(=O)N1CCC[C@@H]1COCc1ccc(OCc2ccccc2)c(OCc2ccccc2)c1CNC(C)=O. The van der Waals surface area contributed by atoms with Crippen LogP contribution in [0.2, 0.25) is 0 Å². The van der Waals surface area contributed by atoms with Gasteiger partial charge in [0.1, 0.15) is 13.2 Å². The van der Waals surface area contributed by atoms with Gasteiger partial charge in [0.25, 0.3) is 0 Å². The second kappa shape index (κ2) is 16.4. The molecule has 0 aromatic heterocycles. The van der Waals surface area contributed by atoms with Crippen molar-refractivity contribution in [2.75, 3.05) is 19.8 Å². The van der Waals surface area contributed by atoms with E-state index in [9.17, 15) is 9.59 Å². The maximum Gasteiger partial charge on any atom is 0.410 e. The van der Waals surface area contributed by atoms with Crippen LogP contribution in [0.3, 0.4) is 0 Å². The highest BCUT2D eigenvalue weighted by Crippen LogP contribution is 2.36. The van der Waals surface area contributed by atoms with E-state index in [4.69, 9.17) is 18.9 Å². The quantitative estimate of drug-likeness (QED) is 0.212. The molecular weight excluding hydrogens is 532 g/mol. The molecule has 42 heavy (non-hydrogen) atoms. The Balaban J connectivity index is 1.51. The standard InChI is InChI=1S/C34H42N2O6/c1-3-4-20-40-34(38)36-19-11-16-30(36)25-39-24-29-17-18-32(41-22-27-12-7-5-8-13-27)33(31(29)21-35-26(2)37)42-23-28-14-9-6-10-15-28/h5-10,12-15,17-18,30H,3-4,11,16,19-25H2,1-2H3,(H,35,37)/t30-/m1/s1. The van der Waals surface area contributed by atoms with Gasteiger partial charge in [-0.2, -0.15) is 0 Å². The van der Waals surface area contributed by atoms with Crippen LogP contribution in [0, 0.1) is 0 Å². The third-order valence-corrected chi connectivity index (χ3v) is 7.20. The predicted molar refractivity (Wildman–Crippen MR) is 161 cm³/mol. The van der Waals surface area contributed by atoms with E-state index >= 15 is 0 Å². The van der Waals surface area contributed by atoms with Crippen LogP contribution in [0.15, 0.2) is 72.8 Å². The van der Waals surface area contributed by atoms with Crippen molar-refractivity contribution in [1.29, 1.82) is 0 Å². The van der Waals surface area contributed by atoms with Crippen molar-refractivity contribution in [2.24, 2.45) is 0 Å². The lowest BCUT2D eigenvalue weighted by atomic mass is 10.1. The first kappa shape index (κ1) is 30.9. The molecule has 1 aliphatic heterocycles. The van der Waals surface area contributed by atoms with Crippen LogP contribution in [0.5, 0.6) is 11.5 Å². The number of amides is 2. The summed E-state index contributed by atoms with van der Waals surface area (Å²) < 4.78 is 24.3. The maximum absolute atomic E-state index is 12.6. The molecule has 4 rings (SSSR count). The molecular formula is C34H42N2O6. The molecule has 1 atom stereocenters. The van der Waals surface area contributed by atoms with Gasteiger partial charge in [-0.05, 0) is 42.0 Å². The number of likely N-dealkylation sites (tertiary alicyclic amines) is 1. The highest BCUT2D eigenvalue weighted by molar-refractivity contribution is 5.73. The minimum Gasteiger partial charge on any atom is -0.485 e. The van der Waals surface area contributed by atoms with E-state index in [0.29, 0.717) is 51.1 Å². The lowest BCUT2D eigenvalue weighted by molar-refractivity contribution is -0.119. The summed E-state index contributed by atoms with van der Waals surface area (Å²) in [7, 11) is 0. The van der Waals surface area contributed by atoms with Crippen LogP contribution in [0.4, 0.5) is 4.79 Å². The summed E-state index contributed by atoms with van der Waals surface area (Å²) in [5.74, 6) is 1.02. The summed E-state index contributed by atoms with van der Waals surface area (Å²) >= 11 is 0. The van der Waals surface area contributed by atoms with Crippen LogP contribution in [0.1, 0.15) is 61.8 Å². The zero-order chi connectivity index (χ0) is 29.6. The van der Waals surface area contributed by atoms with Gasteiger partial charge >= 0.3 is 6.09 Å². The van der Waals surface area contributed by atoms with Gasteiger partial charge in [-0.3, -0.25) is 4.79 Å². The van der Waals surface area contributed by atoms with Gasteiger partial charge in [-0.25, -0.2) is 4.79 Å². The molecule has 0 spiro atoms. The molecule has 3 aromatic rings. The average Bonchev–Trinajstić information content (AvgIpc) is 3.48. The Hall–Kier alpha value is -4.04. The number of nitrogens with one attached hydrogen (secondary N) is 1. The summed E-state index contributed by atoms with van der Waals surface area (Å²) in [6, 6.07) is 23.7. The van der Waals surface area contributed by atoms with Gasteiger partial charge in [-0.15, -0.1) is 0 Å². The smallest absolute Gasteiger partial charge is 0.410 e. The van der Waals surface area contributed by atoms with Crippen LogP contribution in [0.25, 0.3) is 0 Å². The van der Waals surface area contributed by atoms with E-state index in [0.717, 1.165) is 47.9 Å². The van der Waals surface area contributed by atoms with Crippen molar-refractivity contribution in [3.63, 3.8) is 0 Å². The molecule has 1 saturated heterocycles. The third-order valence-electron chi connectivity index (χ3n) is 7.20.